The van der Waals surface area contributed by atoms with Crippen molar-refractivity contribution < 1.29 is 27.5 Å². The first-order chi connectivity index (χ1) is 28.5. The largest absolute Gasteiger partial charge is 0.466 e. The lowest BCUT2D eigenvalue weighted by Gasteiger charge is -2.25. The fourth-order valence-electron chi connectivity index (χ4n) is 7.84. The molecule has 0 aromatic rings. The molecule has 2 unspecified atom stereocenters. The molecule has 0 aromatic heterocycles. The number of hydrogen-bond acceptors (Lipinski definition) is 8. The molecule has 0 fully saturated rings. The first-order valence-electron chi connectivity index (χ1n) is 25.1. The third-order valence-corrected chi connectivity index (χ3v) is 12.3. The third kappa shape index (κ3) is 41.8. The van der Waals surface area contributed by atoms with Gasteiger partial charge in [-0.05, 0) is 111 Å². The van der Waals surface area contributed by atoms with Crippen LogP contribution in [-0.2, 0) is 29.3 Å². The Bertz CT molecular complexity index is 1050. The quantitative estimate of drug-likeness (QED) is 0.0351. The number of nitrogens with zero attached hydrogens (tertiary/aromatic N) is 2. The summed E-state index contributed by atoms with van der Waals surface area (Å²) in [6, 6.07) is 0. The zero-order valence-corrected chi connectivity index (χ0v) is 40.4. The maximum atomic E-state index is 12.8. The van der Waals surface area contributed by atoms with Crippen LogP contribution < -0.4 is 9.86 Å². The zero-order valence-electron chi connectivity index (χ0n) is 39.6. The van der Waals surface area contributed by atoms with Gasteiger partial charge in [-0.2, -0.15) is 13.1 Å². The zero-order chi connectivity index (χ0) is 43.7. The Morgan fingerprint density at radius 1 is 0.508 bits per heavy atom. The highest BCUT2D eigenvalue weighted by Crippen LogP contribution is 2.19. The lowest BCUT2D eigenvalue weighted by molar-refractivity contribution is -0.150. The summed E-state index contributed by atoms with van der Waals surface area (Å²) in [6.07, 6.45) is 38.6. The van der Waals surface area contributed by atoms with E-state index in [2.05, 4.69) is 30.4 Å². The van der Waals surface area contributed by atoms with Crippen LogP contribution in [0.25, 0.3) is 0 Å². The highest BCUT2D eigenvalue weighted by molar-refractivity contribution is 7.87. The summed E-state index contributed by atoms with van der Waals surface area (Å²) in [4.78, 5) is 29.4. The van der Waals surface area contributed by atoms with Crippen molar-refractivity contribution in [1.29, 1.82) is 0 Å². The minimum Gasteiger partial charge on any atom is -0.466 e. The highest BCUT2D eigenvalue weighted by atomic mass is 32.2. The van der Waals surface area contributed by atoms with Gasteiger partial charge in [0.2, 0.25) is 0 Å². The van der Waals surface area contributed by atoms with Gasteiger partial charge in [-0.3, -0.25) is 14.5 Å². The van der Waals surface area contributed by atoms with Gasteiger partial charge < -0.3 is 14.4 Å². The summed E-state index contributed by atoms with van der Waals surface area (Å²) in [5.41, 5.74) is 0. The molecular weight excluding hydrogens is 761 g/mol. The van der Waals surface area contributed by atoms with Crippen LogP contribution in [-0.4, -0.2) is 82.8 Å². The summed E-state index contributed by atoms with van der Waals surface area (Å²) in [5.74, 6) is -0.0518. The van der Waals surface area contributed by atoms with E-state index in [1.165, 1.54) is 89.9 Å². The van der Waals surface area contributed by atoms with E-state index in [-0.39, 0.29) is 24.2 Å². The van der Waals surface area contributed by atoms with Crippen molar-refractivity contribution in [2.24, 2.45) is 5.14 Å². The number of hydrogen-bond donors (Lipinski definition) is 2. The number of nitrogens with one attached hydrogen (secondary N) is 1. The van der Waals surface area contributed by atoms with Crippen molar-refractivity contribution in [2.45, 2.75) is 258 Å². The van der Waals surface area contributed by atoms with E-state index in [4.69, 9.17) is 14.6 Å². The van der Waals surface area contributed by atoms with Gasteiger partial charge in [-0.1, -0.05) is 156 Å². The molecule has 59 heavy (non-hydrogen) atoms. The van der Waals surface area contributed by atoms with Crippen LogP contribution in [0.1, 0.15) is 245 Å². The monoisotopic (exact) mass is 859 g/mol. The average molecular weight is 859 g/mol. The van der Waals surface area contributed by atoms with Gasteiger partial charge in [0.1, 0.15) is 6.10 Å². The summed E-state index contributed by atoms with van der Waals surface area (Å²) in [6.45, 7) is 10.4. The second-order valence-corrected chi connectivity index (χ2v) is 19.1. The van der Waals surface area contributed by atoms with Crippen molar-refractivity contribution in [2.75, 3.05) is 40.3 Å². The molecular formula is C48H98N4O6S. The number of rotatable bonds is 46. The molecule has 11 heteroatoms. The maximum Gasteiger partial charge on any atom is 0.306 e. The summed E-state index contributed by atoms with van der Waals surface area (Å²) < 4.78 is 37.3. The number of esters is 2. The van der Waals surface area contributed by atoms with E-state index in [1.807, 2.05) is 19.0 Å². The molecule has 0 saturated heterocycles. The van der Waals surface area contributed by atoms with E-state index in [1.54, 1.807) is 0 Å². The van der Waals surface area contributed by atoms with E-state index < -0.39 is 10.2 Å². The summed E-state index contributed by atoms with van der Waals surface area (Å²) in [7, 11) is -0.0302. The van der Waals surface area contributed by atoms with E-state index >= 15 is 0 Å². The predicted molar refractivity (Wildman–Crippen MR) is 250 cm³/mol. The topological polar surface area (TPSA) is 131 Å². The number of unbranched alkanes of at least 4 members (excludes halogenated alkanes) is 24. The van der Waals surface area contributed by atoms with Gasteiger partial charge in [0.05, 0.1) is 12.8 Å². The van der Waals surface area contributed by atoms with E-state index in [9.17, 15) is 18.0 Å². The highest BCUT2D eigenvalue weighted by Gasteiger charge is 2.17. The van der Waals surface area contributed by atoms with Crippen molar-refractivity contribution >= 4 is 22.1 Å². The lowest BCUT2D eigenvalue weighted by Crippen LogP contribution is -2.47. The molecule has 0 saturated carbocycles. The molecule has 3 N–H and O–H groups in total. The minimum absolute atomic E-state index is 0.00443. The molecule has 0 aliphatic rings. The van der Waals surface area contributed by atoms with Gasteiger partial charge >= 0.3 is 11.9 Å². The number of carbonyl (C=O) groups is 2. The van der Waals surface area contributed by atoms with Gasteiger partial charge in [-0.25, -0.2) is 5.14 Å². The third-order valence-electron chi connectivity index (χ3n) is 11.7. The molecule has 2 atom stereocenters. The summed E-state index contributed by atoms with van der Waals surface area (Å²) >= 11 is 0. The Kier molecular flexibility index (Phi) is 41.1. The molecule has 0 aliphatic heterocycles. The van der Waals surface area contributed by atoms with Gasteiger partial charge in [0.15, 0.2) is 0 Å². The molecule has 0 aromatic carbocycles. The maximum absolute atomic E-state index is 12.8. The molecule has 352 valence electrons. The van der Waals surface area contributed by atoms with E-state index in [0.29, 0.717) is 25.9 Å². The molecule has 10 nitrogen and oxygen atoms in total. The fraction of sp³-hybridized carbons (Fsp3) is 0.958. The normalized spacial score (nSPS) is 13.0. The van der Waals surface area contributed by atoms with Crippen molar-refractivity contribution in [3.05, 3.63) is 0 Å². The Morgan fingerprint density at radius 2 is 0.881 bits per heavy atom. The average Bonchev–Trinajstić information content (AvgIpc) is 3.19. The van der Waals surface area contributed by atoms with Crippen molar-refractivity contribution in [3.63, 3.8) is 0 Å². The van der Waals surface area contributed by atoms with Gasteiger partial charge in [0.25, 0.3) is 10.2 Å². The van der Waals surface area contributed by atoms with E-state index in [0.717, 1.165) is 135 Å². The van der Waals surface area contributed by atoms with Crippen LogP contribution >= 0.6 is 0 Å². The van der Waals surface area contributed by atoms with Gasteiger partial charge in [0, 0.05) is 12.8 Å². The Balaban J connectivity index is 4.58. The first kappa shape index (κ1) is 57.7. The molecule has 0 aliphatic carbocycles. The van der Waals surface area contributed by atoms with Crippen LogP contribution in [0.5, 0.6) is 0 Å². The lowest BCUT2D eigenvalue weighted by atomic mass is 10.0. The molecule has 0 radical (unpaired) electrons. The van der Waals surface area contributed by atoms with Crippen LogP contribution in [0.3, 0.4) is 0 Å². The van der Waals surface area contributed by atoms with Crippen LogP contribution in [0, 0.1) is 0 Å². The minimum atomic E-state index is -3.76. The van der Waals surface area contributed by atoms with Crippen LogP contribution in [0.15, 0.2) is 0 Å². The Labute approximate surface area is 366 Å². The Morgan fingerprint density at radius 3 is 1.34 bits per heavy atom. The smallest absolute Gasteiger partial charge is 0.306 e. The van der Waals surface area contributed by atoms with Crippen LogP contribution in [0.2, 0.25) is 0 Å². The molecule has 0 bridgehead atoms. The first-order valence-corrected chi connectivity index (χ1v) is 26.6. The van der Waals surface area contributed by atoms with Crippen molar-refractivity contribution in [3.8, 4) is 0 Å². The van der Waals surface area contributed by atoms with Gasteiger partial charge in [-0.15, -0.1) is 0 Å². The molecule has 0 amide bonds. The van der Waals surface area contributed by atoms with Crippen LogP contribution in [0.4, 0.5) is 0 Å². The van der Waals surface area contributed by atoms with Crippen molar-refractivity contribution in [1.82, 2.24) is 14.5 Å². The second kappa shape index (κ2) is 42.1. The predicted octanol–water partition coefficient (Wildman–Crippen LogP) is 12.1. The second-order valence-electron chi connectivity index (χ2n) is 17.7. The molecule has 0 heterocycles. The standard InChI is InChI=1S/C48H98N4O6S/c1-6-9-12-15-17-26-35-44-57-47(53)39-29-22-18-24-32-41-52(43-34-31-38-46(51(4)5)50-59(49,55)56)42-33-25-19-23-30-40-48(54)58-45(36-27-20-14-11-8-3)37-28-21-16-13-10-7-2/h45-46,50H,6-44H2,1-5H3,(H2,49,55,56). The number of nitrogens with two attached hydrogens (primary N) is 1. The Hall–Kier alpha value is -1.27. The molecule has 0 spiro atoms. The molecule has 0 rings (SSSR count). The SMILES string of the molecule is CCCCCCCCCOC(=O)CCCCCCCN(CCCCCCCC(=O)OC(CCCCCCC)CCCCCCCC)CCCCC(NS(N)(=O)=O)N(C)C. The summed E-state index contributed by atoms with van der Waals surface area (Å²) in [5, 5.41) is 5.26. The fourth-order valence-corrected chi connectivity index (χ4v) is 8.55. The number of ether oxygens (including phenoxy) is 2. The number of carbonyl (C=O) groups excluding carboxylic acids is 2.